The molecule has 0 bridgehead atoms. The Balaban J connectivity index is 1.47. The highest BCUT2D eigenvalue weighted by atomic mass is 16.5. The number of anilines is 3. The van der Waals surface area contributed by atoms with E-state index in [2.05, 4.69) is 15.5 Å². The highest BCUT2D eigenvalue weighted by Gasteiger charge is 2.18. The standard InChI is InChI=1S/C24H29N3O4/c1-17(31-23(29)16-19-6-8-20(9-7-19)25-18(2)28)24(30)26-21-10-12-22(13-11-21)27-14-4-3-5-15-27/h6-13,17H,3-5,14-16H2,1-2H3,(H,25,28)(H,26,30)/t17-/m0/s1. The van der Waals surface area contributed by atoms with Gasteiger partial charge in [-0.25, -0.2) is 0 Å². The second-order valence-corrected chi connectivity index (χ2v) is 7.77. The minimum atomic E-state index is -0.909. The first-order valence-electron chi connectivity index (χ1n) is 10.6. The van der Waals surface area contributed by atoms with Crippen molar-refractivity contribution in [3.63, 3.8) is 0 Å². The summed E-state index contributed by atoms with van der Waals surface area (Å²) in [6.07, 6.45) is 2.83. The summed E-state index contributed by atoms with van der Waals surface area (Å²) >= 11 is 0. The van der Waals surface area contributed by atoms with E-state index in [1.165, 1.54) is 26.2 Å². The minimum absolute atomic E-state index is 0.0441. The van der Waals surface area contributed by atoms with Crippen molar-refractivity contribution in [1.82, 2.24) is 0 Å². The molecular weight excluding hydrogens is 394 g/mol. The zero-order valence-corrected chi connectivity index (χ0v) is 18.0. The molecule has 1 fully saturated rings. The lowest BCUT2D eigenvalue weighted by molar-refractivity contribution is -0.152. The Labute approximate surface area is 182 Å². The molecule has 2 amide bonds. The van der Waals surface area contributed by atoms with E-state index in [0.717, 1.165) is 24.3 Å². The minimum Gasteiger partial charge on any atom is -0.452 e. The van der Waals surface area contributed by atoms with Crippen LogP contribution in [-0.2, 0) is 25.5 Å². The third-order valence-corrected chi connectivity index (χ3v) is 5.16. The molecule has 31 heavy (non-hydrogen) atoms. The Kier molecular flexibility index (Phi) is 7.65. The summed E-state index contributed by atoms with van der Waals surface area (Å²) in [7, 11) is 0. The van der Waals surface area contributed by atoms with Crippen LogP contribution in [0.1, 0.15) is 38.7 Å². The van der Waals surface area contributed by atoms with Gasteiger partial charge in [0, 0.05) is 37.1 Å². The molecule has 0 unspecified atom stereocenters. The van der Waals surface area contributed by atoms with E-state index in [9.17, 15) is 14.4 Å². The van der Waals surface area contributed by atoms with Crippen LogP contribution in [0.15, 0.2) is 48.5 Å². The van der Waals surface area contributed by atoms with Crippen LogP contribution in [0.25, 0.3) is 0 Å². The van der Waals surface area contributed by atoms with Crippen molar-refractivity contribution in [1.29, 1.82) is 0 Å². The van der Waals surface area contributed by atoms with Crippen molar-refractivity contribution in [2.24, 2.45) is 0 Å². The molecule has 1 saturated heterocycles. The molecule has 7 nitrogen and oxygen atoms in total. The van der Waals surface area contributed by atoms with Gasteiger partial charge in [0.15, 0.2) is 6.10 Å². The van der Waals surface area contributed by atoms with Gasteiger partial charge in [0.1, 0.15) is 0 Å². The number of carbonyl (C=O) groups excluding carboxylic acids is 3. The second kappa shape index (κ2) is 10.6. The largest absolute Gasteiger partial charge is 0.452 e. The Bertz CT molecular complexity index is 903. The molecule has 0 aliphatic carbocycles. The maximum Gasteiger partial charge on any atom is 0.311 e. The quantitative estimate of drug-likeness (QED) is 0.663. The van der Waals surface area contributed by atoms with Crippen molar-refractivity contribution in [2.45, 2.75) is 45.6 Å². The Morgan fingerprint density at radius 3 is 2.10 bits per heavy atom. The number of nitrogens with one attached hydrogen (secondary N) is 2. The van der Waals surface area contributed by atoms with Crippen LogP contribution in [0.4, 0.5) is 17.1 Å². The summed E-state index contributed by atoms with van der Waals surface area (Å²) in [4.78, 5) is 38.0. The van der Waals surface area contributed by atoms with E-state index in [-0.39, 0.29) is 18.2 Å². The van der Waals surface area contributed by atoms with Crippen molar-refractivity contribution in [3.8, 4) is 0 Å². The molecule has 164 valence electrons. The molecule has 2 aromatic rings. The van der Waals surface area contributed by atoms with E-state index in [4.69, 9.17) is 4.74 Å². The number of carbonyl (C=O) groups is 3. The molecule has 1 aliphatic rings. The molecule has 1 atom stereocenters. The lowest BCUT2D eigenvalue weighted by Gasteiger charge is -2.28. The summed E-state index contributed by atoms with van der Waals surface area (Å²) in [5.41, 5.74) is 3.22. The van der Waals surface area contributed by atoms with Crippen molar-refractivity contribution >= 4 is 34.8 Å². The number of nitrogens with zero attached hydrogens (tertiary/aromatic N) is 1. The van der Waals surface area contributed by atoms with Gasteiger partial charge in [0.25, 0.3) is 5.91 Å². The number of rotatable bonds is 7. The summed E-state index contributed by atoms with van der Waals surface area (Å²) in [5.74, 6) is -1.02. The van der Waals surface area contributed by atoms with E-state index < -0.39 is 12.1 Å². The van der Waals surface area contributed by atoms with Gasteiger partial charge >= 0.3 is 5.97 Å². The van der Waals surface area contributed by atoms with Gasteiger partial charge in [0.2, 0.25) is 5.91 Å². The zero-order valence-electron chi connectivity index (χ0n) is 18.0. The number of hydrogen-bond acceptors (Lipinski definition) is 5. The van der Waals surface area contributed by atoms with Gasteiger partial charge in [-0.15, -0.1) is 0 Å². The molecular formula is C24H29N3O4. The smallest absolute Gasteiger partial charge is 0.311 e. The molecule has 0 spiro atoms. The van der Waals surface area contributed by atoms with E-state index in [0.29, 0.717) is 11.4 Å². The van der Waals surface area contributed by atoms with Crippen molar-refractivity contribution in [2.75, 3.05) is 28.6 Å². The van der Waals surface area contributed by atoms with Gasteiger partial charge < -0.3 is 20.3 Å². The van der Waals surface area contributed by atoms with Crippen LogP contribution in [-0.4, -0.2) is 37.0 Å². The van der Waals surface area contributed by atoms with E-state index in [1.807, 2.05) is 24.3 Å². The van der Waals surface area contributed by atoms with Gasteiger partial charge in [-0.1, -0.05) is 12.1 Å². The zero-order chi connectivity index (χ0) is 22.2. The van der Waals surface area contributed by atoms with Crippen LogP contribution in [0.3, 0.4) is 0 Å². The van der Waals surface area contributed by atoms with Crippen LogP contribution in [0, 0.1) is 0 Å². The number of hydrogen-bond donors (Lipinski definition) is 2. The van der Waals surface area contributed by atoms with Gasteiger partial charge in [-0.3, -0.25) is 14.4 Å². The highest BCUT2D eigenvalue weighted by Crippen LogP contribution is 2.22. The molecule has 1 heterocycles. The van der Waals surface area contributed by atoms with Crippen LogP contribution >= 0.6 is 0 Å². The number of esters is 1. The molecule has 0 radical (unpaired) electrons. The topological polar surface area (TPSA) is 87.7 Å². The number of piperidine rings is 1. The summed E-state index contributed by atoms with van der Waals surface area (Å²) in [6, 6.07) is 14.6. The molecule has 2 aromatic carbocycles. The van der Waals surface area contributed by atoms with Gasteiger partial charge in [-0.05, 0) is 68.1 Å². The fourth-order valence-electron chi connectivity index (χ4n) is 3.52. The molecule has 3 rings (SSSR count). The summed E-state index contributed by atoms with van der Waals surface area (Å²) < 4.78 is 5.27. The summed E-state index contributed by atoms with van der Waals surface area (Å²) in [6.45, 7) is 5.11. The number of benzene rings is 2. The fraction of sp³-hybridized carbons (Fsp3) is 0.375. The maximum absolute atomic E-state index is 12.4. The molecule has 0 aromatic heterocycles. The van der Waals surface area contributed by atoms with Crippen molar-refractivity contribution < 1.29 is 19.1 Å². The van der Waals surface area contributed by atoms with Gasteiger partial charge in [-0.2, -0.15) is 0 Å². The van der Waals surface area contributed by atoms with Crippen LogP contribution < -0.4 is 15.5 Å². The first-order chi connectivity index (χ1) is 14.9. The predicted octanol–water partition coefficient (Wildman–Crippen LogP) is 3.75. The van der Waals surface area contributed by atoms with Crippen LogP contribution in [0.2, 0.25) is 0 Å². The number of ether oxygens (including phenoxy) is 1. The Hall–Kier alpha value is -3.35. The predicted molar refractivity (Wildman–Crippen MR) is 121 cm³/mol. The monoisotopic (exact) mass is 423 g/mol. The SMILES string of the molecule is CC(=O)Nc1ccc(CC(=O)O[C@@H](C)C(=O)Nc2ccc(N3CCCCC3)cc2)cc1. The van der Waals surface area contributed by atoms with Crippen LogP contribution in [0.5, 0.6) is 0 Å². The Morgan fingerprint density at radius 2 is 1.48 bits per heavy atom. The maximum atomic E-state index is 12.4. The number of amides is 2. The molecule has 0 saturated carbocycles. The summed E-state index contributed by atoms with van der Waals surface area (Å²) in [5, 5.41) is 5.46. The highest BCUT2D eigenvalue weighted by molar-refractivity contribution is 5.95. The normalized spacial score (nSPS) is 14.5. The molecule has 2 N–H and O–H groups in total. The Morgan fingerprint density at radius 1 is 0.903 bits per heavy atom. The lowest BCUT2D eigenvalue weighted by atomic mass is 10.1. The van der Waals surface area contributed by atoms with Crippen molar-refractivity contribution in [3.05, 3.63) is 54.1 Å². The average molecular weight is 424 g/mol. The molecule has 7 heteroatoms. The second-order valence-electron chi connectivity index (χ2n) is 7.77. The lowest BCUT2D eigenvalue weighted by Crippen LogP contribution is -2.30. The van der Waals surface area contributed by atoms with E-state index in [1.54, 1.807) is 31.2 Å². The van der Waals surface area contributed by atoms with E-state index >= 15 is 0 Å². The third-order valence-electron chi connectivity index (χ3n) is 5.16. The fourth-order valence-corrected chi connectivity index (χ4v) is 3.52. The third kappa shape index (κ3) is 6.84. The first-order valence-corrected chi connectivity index (χ1v) is 10.6. The average Bonchev–Trinajstić information content (AvgIpc) is 2.76. The first kappa shape index (κ1) is 22.3. The van der Waals surface area contributed by atoms with Gasteiger partial charge in [0.05, 0.1) is 6.42 Å². The molecule has 1 aliphatic heterocycles.